The molecule has 0 fully saturated rings. The quantitative estimate of drug-likeness (QED) is 0.0212. The molecule has 0 aliphatic carbocycles. The minimum Gasteiger partial charge on any atom is -0.756 e. The van der Waals surface area contributed by atoms with E-state index in [1.165, 1.54) is 161 Å². The summed E-state index contributed by atoms with van der Waals surface area (Å²) >= 11 is 0. The Balaban J connectivity index is 5.10. The van der Waals surface area contributed by atoms with E-state index in [9.17, 15) is 19.0 Å². The molecule has 0 radical (unpaired) electrons. The second kappa shape index (κ2) is 55.0. The second-order valence-corrected chi connectivity index (χ2v) is 24.0. The Morgan fingerprint density at radius 1 is 0.467 bits per heavy atom. The SMILES string of the molecule is CCCC/C=C\CCCCCCCC(=O)NC(COP(=O)([O-])OCC[N+](C)(C)C)C(/C=C\CCCCCCCCCCCCC)OC(=O)CCCCCCCCCCCCCC/C=C\C/C=C\C/C=C\CCCCC. The Kier molecular flexibility index (Phi) is 53.4. The number of amides is 1. The summed E-state index contributed by atoms with van der Waals surface area (Å²) in [6.45, 7) is 6.78. The molecule has 0 saturated carbocycles. The van der Waals surface area contributed by atoms with Crippen molar-refractivity contribution in [2.24, 2.45) is 0 Å². The Morgan fingerprint density at radius 2 is 0.827 bits per heavy atom. The molecule has 438 valence electrons. The third-order valence-corrected chi connectivity index (χ3v) is 14.9. The lowest BCUT2D eigenvalue weighted by Gasteiger charge is -2.30. The van der Waals surface area contributed by atoms with Crippen LogP contribution in [-0.2, 0) is 27.9 Å². The van der Waals surface area contributed by atoms with E-state index in [0.717, 1.165) is 96.3 Å². The summed E-state index contributed by atoms with van der Waals surface area (Å²) in [6.07, 6.45) is 69.1. The van der Waals surface area contributed by atoms with Crippen LogP contribution in [0.3, 0.4) is 0 Å². The Hall–Kier alpha value is -2.29. The van der Waals surface area contributed by atoms with Gasteiger partial charge in [0.1, 0.15) is 19.3 Å². The van der Waals surface area contributed by atoms with Crippen molar-refractivity contribution in [2.45, 2.75) is 303 Å². The van der Waals surface area contributed by atoms with Crippen LogP contribution in [0.1, 0.15) is 290 Å². The van der Waals surface area contributed by atoms with Gasteiger partial charge in [-0.15, -0.1) is 0 Å². The Bertz CT molecular complexity index is 1470. The number of esters is 1. The van der Waals surface area contributed by atoms with E-state index < -0.39 is 26.6 Å². The van der Waals surface area contributed by atoms with Gasteiger partial charge in [0.25, 0.3) is 7.82 Å². The molecule has 10 heteroatoms. The number of carbonyl (C=O) groups excluding carboxylic acids is 2. The van der Waals surface area contributed by atoms with E-state index in [4.69, 9.17) is 13.8 Å². The molecule has 0 aliphatic rings. The molecule has 0 bridgehead atoms. The highest BCUT2D eigenvalue weighted by atomic mass is 31.2. The molecule has 75 heavy (non-hydrogen) atoms. The lowest BCUT2D eigenvalue weighted by Crippen LogP contribution is -2.47. The maximum absolute atomic E-state index is 13.5. The molecule has 1 N–H and O–H groups in total. The molecular formula is C65H121N2O7P. The van der Waals surface area contributed by atoms with Crippen molar-refractivity contribution < 1.29 is 37.3 Å². The van der Waals surface area contributed by atoms with Crippen molar-refractivity contribution in [3.8, 4) is 0 Å². The molecule has 0 saturated heterocycles. The van der Waals surface area contributed by atoms with Gasteiger partial charge in [0.2, 0.25) is 5.91 Å². The summed E-state index contributed by atoms with van der Waals surface area (Å²) in [5.74, 6) is -0.549. The zero-order valence-corrected chi connectivity index (χ0v) is 50.9. The molecular weight excluding hydrogens is 952 g/mol. The zero-order valence-electron chi connectivity index (χ0n) is 50.0. The zero-order chi connectivity index (χ0) is 55.0. The monoisotopic (exact) mass is 1070 g/mol. The molecule has 1 amide bonds. The summed E-state index contributed by atoms with van der Waals surface area (Å²) in [6, 6.07) is -0.892. The van der Waals surface area contributed by atoms with Crippen LogP contribution in [0, 0.1) is 0 Å². The molecule has 3 atom stereocenters. The molecule has 9 nitrogen and oxygen atoms in total. The summed E-state index contributed by atoms with van der Waals surface area (Å²) in [5, 5.41) is 3.02. The van der Waals surface area contributed by atoms with E-state index in [1.807, 2.05) is 33.3 Å². The minimum atomic E-state index is -4.70. The van der Waals surface area contributed by atoms with E-state index in [-0.39, 0.29) is 24.9 Å². The molecule has 0 heterocycles. The van der Waals surface area contributed by atoms with E-state index in [0.29, 0.717) is 17.4 Å². The highest BCUT2D eigenvalue weighted by Gasteiger charge is 2.27. The first kappa shape index (κ1) is 72.7. The number of quaternary nitrogens is 1. The lowest BCUT2D eigenvalue weighted by atomic mass is 10.0. The van der Waals surface area contributed by atoms with Crippen LogP contribution in [0.25, 0.3) is 0 Å². The highest BCUT2D eigenvalue weighted by Crippen LogP contribution is 2.38. The summed E-state index contributed by atoms with van der Waals surface area (Å²) in [7, 11) is 1.18. The normalized spacial score (nSPS) is 14.1. The van der Waals surface area contributed by atoms with Crippen LogP contribution >= 0.6 is 7.82 Å². The number of ether oxygens (including phenoxy) is 1. The fourth-order valence-corrected chi connectivity index (χ4v) is 9.70. The fourth-order valence-electron chi connectivity index (χ4n) is 8.98. The number of allylic oxidation sites excluding steroid dienone is 9. The first-order chi connectivity index (χ1) is 36.4. The topological polar surface area (TPSA) is 114 Å². The number of phosphoric acid groups is 1. The van der Waals surface area contributed by atoms with Gasteiger partial charge in [0, 0.05) is 12.8 Å². The smallest absolute Gasteiger partial charge is 0.306 e. The van der Waals surface area contributed by atoms with Gasteiger partial charge in [0.05, 0.1) is 33.8 Å². The molecule has 0 aliphatic heterocycles. The number of unbranched alkanes of at least 4 members (excludes halogenated alkanes) is 33. The van der Waals surface area contributed by atoms with E-state index in [1.54, 1.807) is 0 Å². The highest BCUT2D eigenvalue weighted by molar-refractivity contribution is 7.45. The number of nitrogens with one attached hydrogen (secondary N) is 1. The number of nitrogens with zero attached hydrogens (tertiary/aromatic N) is 1. The van der Waals surface area contributed by atoms with Crippen LogP contribution in [-0.4, -0.2) is 69.4 Å². The predicted molar refractivity (Wildman–Crippen MR) is 321 cm³/mol. The second-order valence-electron chi connectivity index (χ2n) is 22.6. The Morgan fingerprint density at radius 3 is 1.29 bits per heavy atom. The van der Waals surface area contributed by atoms with Gasteiger partial charge in [-0.1, -0.05) is 249 Å². The van der Waals surface area contributed by atoms with Gasteiger partial charge in [-0.2, -0.15) is 0 Å². The van der Waals surface area contributed by atoms with Crippen LogP contribution in [0.5, 0.6) is 0 Å². The van der Waals surface area contributed by atoms with E-state index in [2.05, 4.69) is 74.7 Å². The van der Waals surface area contributed by atoms with Crippen molar-refractivity contribution in [3.05, 3.63) is 60.8 Å². The maximum Gasteiger partial charge on any atom is 0.306 e. The maximum atomic E-state index is 13.5. The van der Waals surface area contributed by atoms with Crippen LogP contribution < -0.4 is 10.2 Å². The number of rotatable bonds is 57. The third-order valence-electron chi connectivity index (χ3n) is 13.9. The van der Waals surface area contributed by atoms with E-state index >= 15 is 0 Å². The molecule has 0 rings (SSSR count). The number of likely N-dealkylation sites (N-methyl/N-ethyl adjacent to an activating group) is 1. The number of hydrogen-bond donors (Lipinski definition) is 1. The van der Waals surface area contributed by atoms with Gasteiger partial charge < -0.3 is 28.5 Å². The van der Waals surface area contributed by atoms with Crippen LogP contribution in [0.2, 0.25) is 0 Å². The minimum absolute atomic E-state index is 0.0246. The summed E-state index contributed by atoms with van der Waals surface area (Å²) in [5.41, 5.74) is 0. The van der Waals surface area contributed by atoms with Gasteiger partial charge >= 0.3 is 5.97 Å². The van der Waals surface area contributed by atoms with Gasteiger partial charge in [0.15, 0.2) is 0 Å². The number of phosphoric ester groups is 1. The molecule has 0 aromatic carbocycles. The molecule has 0 aromatic rings. The van der Waals surface area contributed by atoms with Crippen molar-refractivity contribution >= 4 is 19.7 Å². The largest absolute Gasteiger partial charge is 0.756 e. The van der Waals surface area contributed by atoms with Crippen molar-refractivity contribution in [3.63, 3.8) is 0 Å². The fraction of sp³-hybridized carbons (Fsp3) is 0.815. The summed E-state index contributed by atoms with van der Waals surface area (Å²) in [4.78, 5) is 39.9. The van der Waals surface area contributed by atoms with Crippen molar-refractivity contribution in [2.75, 3.05) is 40.9 Å². The van der Waals surface area contributed by atoms with Crippen molar-refractivity contribution in [1.29, 1.82) is 0 Å². The first-order valence-electron chi connectivity index (χ1n) is 31.6. The van der Waals surface area contributed by atoms with Crippen molar-refractivity contribution in [1.82, 2.24) is 5.32 Å². The standard InChI is InChI=1S/C65H121N2O7P/c1-7-10-13-16-19-22-25-27-28-29-30-31-32-33-34-35-36-37-38-40-43-46-49-52-55-58-65(69)74-63(56-53-50-47-44-42-39-26-23-20-17-14-11-8-2)62(61-73-75(70,71)72-60-59-67(4,5)6)66-64(68)57-54-51-48-45-41-24-21-18-15-12-9-3/h18-19,21-22,27-28,30-31,53,56,62-63H,7-17,20,23-26,29,32-52,54-55,57-61H2,1-6H3,(H-,66,68,70,71)/b21-18-,22-19-,28-27-,31-30-,56-53-. The average Bonchev–Trinajstić information content (AvgIpc) is 3.37. The van der Waals surface area contributed by atoms with Gasteiger partial charge in [-0.05, 0) is 89.5 Å². The Labute approximate surface area is 464 Å². The molecule has 3 unspecified atom stereocenters. The molecule has 0 aromatic heterocycles. The van der Waals surface area contributed by atoms with Crippen LogP contribution in [0.4, 0.5) is 0 Å². The predicted octanol–water partition coefficient (Wildman–Crippen LogP) is 18.8. The summed E-state index contributed by atoms with van der Waals surface area (Å²) < 4.78 is 30.3. The third kappa shape index (κ3) is 56.2. The first-order valence-corrected chi connectivity index (χ1v) is 33.1. The lowest BCUT2D eigenvalue weighted by molar-refractivity contribution is -0.870. The number of carbonyl (C=O) groups is 2. The van der Waals surface area contributed by atoms with Gasteiger partial charge in [-0.3, -0.25) is 14.2 Å². The van der Waals surface area contributed by atoms with Crippen LogP contribution in [0.15, 0.2) is 60.8 Å². The average molecular weight is 1070 g/mol. The van der Waals surface area contributed by atoms with Gasteiger partial charge in [-0.25, -0.2) is 0 Å². The number of hydrogen-bond acceptors (Lipinski definition) is 7. The molecule has 0 spiro atoms.